The highest BCUT2D eigenvalue weighted by Crippen LogP contribution is 2.35. The van der Waals surface area contributed by atoms with Gasteiger partial charge in [-0.25, -0.2) is 4.98 Å². The number of nitrogens with one attached hydrogen (secondary N) is 2. The molecule has 140 valence electrons. The van der Waals surface area contributed by atoms with Crippen molar-refractivity contribution in [3.8, 4) is 16.9 Å². The lowest BCUT2D eigenvalue weighted by Gasteiger charge is -2.31. The molecule has 1 saturated heterocycles. The van der Waals surface area contributed by atoms with E-state index in [9.17, 15) is 4.79 Å². The third kappa shape index (κ3) is 3.32. The van der Waals surface area contributed by atoms with E-state index in [1.165, 1.54) is 0 Å². The number of carbonyl (C=O) groups is 1. The second-order valence-corrected chi connectivity index (χ2v) is 6.87. The van der Waals surface area contributed by atoms with Gasteiger partial charge in [0.05, 0.1) is 19.6 Å². The zero-order valence-corrected chi connectivity index (χ0v) is 15.5. The van der Waals surface area contributed by atoms with E-state index >= 15 is 0 Å². The van der Waals surface area contributed by atoms with E-state index in [1.807, 2.05) is 36.2 Å². The third-order valence-electron chi connectivity index (χ3n) is 5.27. The number of benzene rings is 1. The minimum Gasteiger partial charge on any atom is -0.497 e. The first-order valence-electron chi connectivity index (χ1n) is 9.14. The van der Waals surface area contributed by atoms with Gasteiger partial charge in [-0.1, -0.05) is 12.1 Å². The molecule has 3 aromatic rings. The Hall–Kier alpha value is -3.09. The van der Waals surface area contributed by atoms with E-state index in [1.54, 1.807) is 13.4 Å². The molecule has 0 bridgehead atoms. The zero-order valence-electron chi connectivity index (χ0n) is 15.5. The van der Waals surface area contributed by atoms with Crippen molar-refractivity contribution in [2.45, 2.75) is 25.7 Å². The molecule has 1 amide bonds. The van der Waals surface area contributed by atoms with Crippen molar-refractivity contribution in [3.63, 3.8) is 0 Å². The van der Waals surface area contributed by atoms with E-state index in [2.05, 4.69) is 26.2 Å². The van der Waals surface area contributed by atoms with E-state index in [0.29, 0.717) is 24.7 Å². The summed E-state index contributed by atoms with van der Waals surface area (Å²) in [6, 6.07) is 8.01. The highest BCUT2D eigenvalue weighted by atomic mass is 16.5. The molecule has 0 atom stereocenters. The summed E-state index contributed by atoms with van der Waals surface area (Å²) in [5.41, 5.74) is 4.65. The fourth-order valence-electron chi connectivity index (χ4n) is 3.72. The van der Waals surface area contributed by atoms with Crippen molar-refractivity contribution in [2.75, 3.05) is 20.2 Å². The van der Waals surface area contributed by atoms with Crippen LogP contribution in [0.2, 0.25) is 0 Å². The van der Waals surface area contributed by atoms with Crippen molar-refractivity contribution in [1.82, 2.24) is 25.1 Å². The first-order chi connectivity index (χ1) is 13.2. The molecule has 0 saturated carbocycles. The van der Waals surface area contributed by atoms with Crippen LogP contribution in [-0.2, 0) is 0 Å². The number of nitrogens with zero attached hydrogens (tertiary/aromatic N) is 3. The summed E-state index contributed by atoms with van der Waals surface area (Å²) in [5.74, 6) is 1.18. The van der Waals surface area contributed by atoms with Crippen LogP contribution in [0.1, 0.15) is 40.6 Å². The normalized spacial score (nSPS) is 15.1. The van der Waals surface area contributed by atoms with E-state index in [-0.39, 0.29) is 5.91 Å². The van der Waals surface area contributed by atoms with Gasteiger partial charge < -0.3 is 14.6 Å². The number of hydrogen-bond donors (Lipinski definition) is 2. The summed E-state index contributed by atoms with van der Waals surface area (Å²) in [4.78, 5) is 21.7. The average Bonchev–Trinajstić information content (AvgIpc) is 3.37. The van der Waals surface area contributed by atoms with Gasteiger partial charge in [0.25, 0.3) is 5.91 Å². The molecule has 2 aromatic heterocycles. The Morgan fingerprint density at radius 3 is 2.81 bits per heavy atom. The first-order valence-corrected chi connectivity index (χ1v) is 9.14. The van der Waals surface area contributed by atoms with Crippen LogP contribution in [0, 0.1) is 6.92 Å². The molecule has 0 spiro atoms. The van der Waals surface area contributed by atoms with E-state index < -0.39 is 0 Å². The van der Waals surface area contributed by atoms with Crippen LogP contribution in [0.3, 0.4) is 0 Å². The Morgan fingerprint density at radius 2 is 2.11 bits per heavy atom. The Labute approximate surface area is 157 Å². The van der Waals surface area contributed by atoms with Crippen molar-refractivity contribution in [2.24, 2.45) is 0 Å². The van der Waals surface area contributed by atoms with Crippen LogP contribution in [-0.4, -0.2) is 51.2 Å². The summed E-state index contributed by atoms with van der Waals surface area (Å²) in [6.07, 6.45) is 5.23. The second kappa shape index (κ2) is 7.26. The monoisotopic (exact) mass is 365 g/mol. The number of rotatable bonds is 4. The predicted octanol–water partition coefficient (Wildman–Crippen LogP) is 3.14. The van der Waals surface area contributed by atoms with Gasteiger partial charge in [0.1, 0.15) is 11.4 Å². The summed E-state index contributed by atoms with van der Waals surface area (Å²) >= 11 is 0. The Kier molecular flexibility index (Phi) is 4.66. The summed E-state index contributed by atoms with van der Waals surface area (Å²) in [6.45, 7) is 3.30. The Bertz CT molecular complexity index is 937. The number of aromatic nitrogens is 4. The van der Waals surface area contributed by atoms with Crippen LogP contribution in [0.4, 0.5) is 0 Å². The van der Waals surface area contributed by atoms with Gasteiger partial charge >= 0.3 is 0 Å². The van der Waals surface area contributed by atoms with Gasteiger partial charge in [-0.05, 0) is 37.5 Å². The van der Waals surface area contributed by atoms with Crippen molar-refractivity contribution >= 4 is 5.91 Å². The number of aromatic amines is 2. The zero-order chi connectivity index (χ0) is 18.8. The molecule has 1 aliphatic heterocycles. The van der Waals surface area contributed by atoms with Gasteiger partial charge in [0.2, 0.25) is 0 Å². The van der Waals surface area contributed by atoms with Crippen LogP contribution in [0.25, 0.3) is 11.1 Å². The van der Waals surface area contributed by atoms with Crippen molar-refractivity contribution in [1.29, 1.82) is 0 Å². The number of hydrogen-bond acceptors (Lipinski definition) is 4. The molecule has 0 aliphatic carbocycles. The maximum Gasteiger partial charge on any atom is 0.274 e. The maximum atomic E-state index is 12.6. The fourth-order valence-corrected chi connectivity index (χ4v) is 3.72. The number of carbonyl (C=O) groups excluding carboxylic acids is 1. The third-order valence-corrected chi connectivity index (χ3v) is 5.27. The highest BCUT2D eigenvalue weighted by molar-refractivity contribution is 5.93. The second-order valence-electron chi connectivity index (χ2n) is 6.87. The lowest BCUT2D eigenvalue weighted by atomic mass is 9.89. The number of piperidine rings is 1. The van der Waals surface area contributed by atoms with Crippen molar-refractivity contribution < 1.29 is 9.53 Å². The van der Waals surface area contributed by atoms with Crippen LogP contribution in [0.5, 0.6) is 5.75 Å². The van der Waals surface area contributed by atoms with E-state index in [4.69, 9.17) is 4.74 Å². The molecule has 1 fully saturated rings. The molecule has 2 N–H and O–H groups in total. The molecule has 0 radical (unpaired) electrons. The Balaban J connectivity index is 1.49. The highest BCUT2D eigenvalue weighted by Gasteiger charge is 2.28. The van der Waals surface area contributed by atoms with E-state index in [0.717, 1.165) is 41.1 Å². The Morgan fingerprint density at radius 1 is 1.30 bits per heavy atom. The number of amides is 1. The van der Waals surface area contributed by atoms with Gasteiger partial charge in [0.15, 0.2) is 0 Å². The topological polar surface area (TPSA) is 86.9 Å². The number of H-pyrrole nitrogens is 2. The van der Waals surface area contributed by atoms with Gasteiger partial charge in [-0.3, -0.25) is 9.89 Å². The molecular formula is C20H23N5O2. The summed E-state index contributed by atoms with van der Waals surface area (Å²) in [7, 11) is 1.67. The molecule has 27 heavy (non-hydrogen) atoms. The number of aryl methyl sites for hydroxylation is 1. The van der Waals surface area contributed by atoms with Crippen LogP contribution < -0.4 is 4.74 Å². The molecular weight excluding hydrogens is 342 g/mol. The van der Waals surface area contributed by atoms with Crippen LogP contribution in [0.15, 0.2) is 36.8 Å². The maximum absolute atomic E-state index is 12.6. The minimum atomic E-state index is 0.00447. The predicted molar refractivity (Wildman–Crippen MR) is 102 cm³/mol. The van der Waals surface area contributed by atoms with Gasteiger partial charge in [0, 0.05) is 36.0 Å². The molecule has 1 aromatic carbocycles. The number of ether oxygens (including phenoxy) is 1. The molecule has 7 nitrogen and oxygen atoms in total. The first kappa shape index (κ1) is 17.3. The molecule has 4 rings (SSSR count). The minimum absolute atomic E-state index is 0.00447. The SMILES string of the molecule is COc1cccc(-c2cn[nH]c2C2CCN(C(=O)c3nc[nH]c3C)CC2)c1. The molecule has 0 unspecified atom stereocenters. The smallest absolute Gasteiger partial charge is 0.274 e. The van der Waals surface area contributed by atoms with Crippen molar-refractivity contribution in [3.05, 3.63) is 53.9 Å². The molecule has 7 heteroatoms. The van der Waals surface area contributed by atoms with Gasteiger partial charge in [-0.2, -0.15) is 5.10 Å². The van der Waals surface area contributed by atoms with Crippen LogP contribution >= 0.6 is 0 Å². The lowest BCUT2D eigenvalue weighted by Crippen LogP contribution is -2.38. The quantitative estimate of drug-likeness (QED) is 0.744. The standard InChI is InChI=1S/C20H23N5O2/c1-13-18(22-12-21-13)20(26)25-8-6-14(7-9-25)19-17(11-23-24-19)15-4-3-5-16(10-15)27-2/h3-5,10-12,14H,6-9H2,1-2H3,(H,21,22)(H,23,24). The molecule has 3 heterocycles. The van der Waals surface area contributed by atoms with Gasteiger partial charge in [-0.15, -0.1) is 0 Å². The summed E-state index contributed by atoms with van der Waals surface area (Å²) in [5, 5.41) is 7.46. The fraction of sp³-hybridized carbons (Fsp3) is 0.350. The summed E-state index contributed by atoms with van der Waals surface area (Å²) < 4.78 is 5.34. The lowest BCUT2D eigenvalue weighted by molar-refractivity contribution is 0.0706. The average molecular weight is 365 g/mol. The molecule has 1 aliphatic rings. The number of imidazole rings is 1. The number of likely N-dealkylation sites (tertiary alicyclic amines) is 1. The largest absolute Gasteiger partial charge is 0.497 e. The number of methoxy groups -OCH3 is 1.